The molecule has 18 heavy (non-hydrogen) atoms. The summed E-state index contributed by atoms with van der Waals surface area (Å²) in [4.78, 5) is 0.178. The van der Waals surface area contributed by atoms with E-state index >= 15 is 0 Å². The maximum atomic E-state index is 12.2. The maximum absolute atomic E-state index is 12.2. The van der Waals surface area contributed by atoms with Crippen molar-refractivity contribution >= 4 is 26.0 Å². The molecule has 5 nitrogen and oxygen atoms in total. The zero-order valence-electron chi connectivity index (χ0n) is 10.5. The van der Waals surface area contributed by atoms with Crippen LogP contribution < -0.4 is 4.72 Å². The smallest absolute Gasteiger partial charge is 0.245 e. The third-order valence-corrected chi connectivity index (χ3v) is 5.50. The molecule has 1 aromatic heterocycles. The highest BCUT2D eigenvalue weighted by molar-refractivity contribution is 9.09. The third kappa shape index (κ3) is 2.78. The van der Waals surface area contributed by atoms with Crippen LogP contribution in [0.5, 0.6) is 0 Å². The van der Waals surface area contributed by atoms with Crippen molar-refractivity contribution in [3.8, 4) is 0 Å². The Kier molecular flexibility index (Phi) is 3.85. The molecule has 102 valence electrons. The number of nitrogens with one attached hydrogen (secondary N) is 1. The van der Waals surface area contributed by atoms with Gasteiger partial charge >= 0.3 is 0 Å². The zero-order chi connectivity index (χ0) is 13.4. The molecule has 2 rings (SSSR count). The third-order valence-electron chi connectivity index (χ3n) is 3.46. The van der Waals surface area contributed by atoms with E-state index in [1.54, 1.807) is 13.8 Å². The first-order valence-corrected chi connectivity index (χ1v) is 8.49. The van der Waals surface area contributed by atoms with Gasteiger partial charge in [0.2, 0.25) is 10.0 Å². The average Bonchev–Trinajstić information content (AvgIpc) is 2.97. The fourth-order valence-electron chi connectivity index (χ4n) is 2.07. The van der Waals surface area contributed by atoms with Crippen molar-refractivity contribution in [1.82, 2.24) is 9.88 Å². The molecule has 0 saturated heterocycles. The number of alkyl halides is 1. The number of hydrogen-bond donors (Lipinski definition) is 1. The largest absolute Gasteiger partial charge is 0.360 e. The van der Waals surface area contributed by atoms with Gasteiger partial charge in [0.1, 0.15) is 10.6 Å². The molecule has 0 unspecified atom stereocenters. The minimum absolute atomic E-state index is 0.148. The first-order valence-electron chi connectivity index (χ1n) is 5.89. The lowest BCUT2D eigenvalue weighted by Crippen LogP contribution is -2.31. The first-order chi connectivity index (χ1) is 8.40. The van der Waals surface area contributed by atoms with Crippen LogP contribution in [0.2, 0.25) is 0 Å². The van der Waals surface area contributed by atoms with E-state index in [0.29, 0.717) is 18.0 Å². The van der Waals surface area contributed by atoms with Crippen LogP contribution in [0.1, 0.15) is 30.7 Å². The first kappa shape index (κ1) is 14.0. The van der Waals surface area contributed by atoms with Gasteiger partial charge in [-0.2, -0.15) is 0 Å². The Bertz CT molecular complexity index is 515. The van der Waals surface area contributed by atoms with E-state index in [-0.39, 0.29) is 10.3 Å². The summed E-state index contributed by atoms with van der Waals surface area (Å²) in [7, 11) is -3.51. The van der Waals surface area contributed by atoms with Crippen LogP contribution in [0.3, 0.4) is 0 Å². The summed E-state index contributed by atoms with van der Waals surface area (Å²) in [6.07, 6.45) is 3.17. The van der Waals surface area contributed by atoms with Crippen LogP contribution in [-0.4, -0.2) is 25.4 Å². The van der Waals surface area contributed by atoms with Crippen molar-refractivity contribution < 1.29 is 12.9 Å². The molecular weight excluding hydrogens is 320 g/mol. The predicted octanol–water partition coefficient (Wildman–Crippen LogP) is 2.13. The predicted molar refractivity (Wildman–Crippen MR) is 71.2 cm³/mol. The molecule has 0 aliphatic heterocycles. The number of halogens is 1. The number of aryl methyl sites for hydroxylation is 2. The van der Waals surface area contributed by atoms with E-state index in [2.05, 4.69) is 25.8 Å². The highest BCUT2D eigenvalue weighted by atomic mass is 79.9. The maximum Gasteiger partial charge on any atom is 0.245 e. The summed E-state index contributed by atoms with van der Waals surface area (Å²) in [5.41, 5.74) is 0.556. The molecule has 1 aliphatic rings. The van der Waals surface area contributed by atoms with Crippen LogP contribution in [0, 0.1) is 19.3 Å². The molecular formula is C11H17BrN2O3S. The lowest BCUT2D eigenvalue weighted by molar-refractivity contribution is 0.390. The lowest BCUT2D eigenvalue weighted by atomic mass is 10.1. The van der Waals surface area contributed by atoms with E-state index in [1.165, 1.54) is 0 Å². The molecule has 1 N–H and O–H groups in total. The van der Waals surface area contributed by atoms with Gasteiger partial charge in [0.15, 0.2) is 5.76 Å². The second kappa shape index (κ2) is 4.94. The molecule has 0 bridgehead atoms. The molecule has 1 fully saturated rings. The Hall–Kier alpha value is -0.400. The molecule has 1 aromatic rings. The van der Waals surface area contributed by atoms with Gasteiger partial charge in [-0.05, 0) is 38.5 Å². The van der Waals surface area contributed by atoms with Gasteiger partial charge in [0, 0.05) is 11.9 Å². The highest BCUT2D eigenvalue weighted by Crippen LogP contribution is 2.48. The number of rotatable bonds is 6. The molecule has 0 aromatic carbocycles. The van der Waals surface area contributed by atoms with Crippen molar-refractivity contribution in [2.75, 3.05) is 11.9 Å². The van der Waals surface area contributed by atoms with E-state index in [1.807, 2.05) is 0 Å². The fraction of sp³-hybridized carbons (Fsp3) is 0.727. The summed E-state index contributed by atoms with van der Waals surface area (Å²) in [6, 6.07) is 0. The number of hydrogen-bond acceptors (Lipinski definition) is 4. The lowest BCUT2D eigenvalue weighted by Gasteiger charge is -2.14. The topological polar surface area (TPSA) is 72.2 Å². The summed E-state index contributed by atoms with van der Waals surface area (Å²) in [5.74, 6) is 0.338. The van der Waals surface area contributed by atoms with Gasteiger partial charge in [-0.25, -0.2) is 13.1 Å². The molecule has 0 radical (unpaired) electrons. The zero-order valence-corrected chi connectivity index (χ0v) is 12.9. The van der Waals surface area contributed by atoms with Crippen LogP contribution >= 0.6 is 15.9 Å². The molecule has 1 aliphatic carbocycles. The Morgan fingerprint density at radius 2 is 2.11 bits per heavy atom. The Labute approximate surface area is 115 Å². The van der Waals surface area contributed by atoms with Crippen LogP contribution in [0.25, 0.3) is 0 Å². The molecule has 7 heteroatoms. The minimum Gasteiger partial charge on any atom is -0.360 e. The van der Waals surface area contributed by atoms with Crippen LogP contribution in [0.4, 0.5) is 0 Å². The van der Waals surface area contributed by atoms with Crippen molar-refractivity contribution in [2.24, 2.45) is 5.41 Å². The second-order valence-electron chi connectivity index (χ2n) is 4.92. The quantitative estimate of drug-likeness (QED) is 0.807. The average molecular weight is 337 g/mol. The van der Waals surface area contributed by atoms with Crippen molar-refractivity contribution in [3.63, 3.8) is 0 Å². The minimum atomic E-state index is -3.51. The van der Waals surface area contributed by atoms with Gasteiger partial charge < -0.3 is 4.52 Å². The highest BCUT2D eigenvalue weighted by Gasteiger charge is 2.42. The van der Waals surface area contributed by atoms with Crippen LogP contribution in [0.15, 0.2) is 9.42 Å². The second-order valence-corrected chi connectivity index (χ2v) is 7.41. The van der Waals surface area contributed by atoms with Crippen molar-refractivity contribution in [2.45, 2.75) is 38.0 Å². The SMILES string of the molecule is Cc1noc(C)c1S(=O)(=O)NCC1(CCBr)CC1. The summed E-state index contributed by atoms with van der Waals surface area (Å²) >= 11 is 3.41. The van der Waals surface area contributed by atoms with Gasteiger partial charge in [0.05, 0.1) is 0 Å². The Balaban J connectivity index is 2.09. The standard InChI is InChI=1S/C11H17BrN2O3S/c1-8-10(9(2)17-14-8)18(15,16)13-7-11(3-4-11)5-6-12/h13H,3-7H2,1-2H3. The molecule has 0 amide bonds. The van der Waals surface area contributed by atoms with E-state index < -0.39 is 10.0 Å². The van der Waals surface area contributed by atoms with Gasteiger partial charge in [-0.1, -0.05) is 21.1 Å². The number of nitrogens with zero attached hydrogens (tertiary/aromatic N) is 1. The molecule has 0 spiro atoms. The molecule has 0 atom stereocenters. The Morgan fingerprint density at radius 3 is 2.56 bits per heavy atom. The van der Waals surface area contributed by atoms with E-state index in [9.17, 15) is 8.42 Å². The number of sulfonamides is 1. The fourth-order valence-corrected chi connectivity index (χ4v) is 4.39. The van der Waals surface area contributed by atoms with Gasteiger partial charge in [-0.3, -0.25) is 0 Å². The van der Waals surface area contributed by atoms with Crippen molar-refractivity contribution in [1.29, 1.82) is 0 Å². The number of aromatic nitrogens is 1. The summed E-state index contributed by atoms with van der Waals surface area (Å²) in [5, 5.41) is 4.58. The van der Waals surface area contributed by atoms with Gasteiger partial charge in [0.25, 0.3) is 0 Å². The normalized spacial score (nSPS) is 17.9. The van der Waals surface area contributed by atoms with Crippen LogP contribution in [-0.2, 0) is 10.0 Å². The monoisotopic (exact) mass is 336 g/mol. The molecule has 1 saturated carbocycles. The Morgan fingerprint density at radius 1 is 1.44 bits per heavy atom. The van der Waals surface area contributed by atoms with E-state index in [0.717, 1.165) is 24.6 Å². The molecule has 1 heterocycles. The van der Waals surface area contributed by atoms with E-state index in [4.69, 9.17) is 4.52 Å². The summed E-state index contributed by atoms with van der Waals surface area (Å²) in [6.45, 7) is 3.74. The summed E-state index contributed by atoms with van der Waals surface area (Å²) < 4.78 is 32.0. The van der Waals surface area contributed by atoms with Crippen molar-refractivity contribution in [3.05, 3.63) is 11.5 Å². The van der Waals surface area contributed by atoms with Gasteiger partial charge in [-0.15, -0.1) is 0 Å².